The van der Waals surface area contributed by atoms with Gasteiger partial charge in [0.05, 0.1) is 21.6 Å². The topological polar surface area (TPSA) is 31.6 Å². The van der Waals surface area contributed by atoms with Crippen LogP contribution in [0, 0.1) is 0 Å². The van der Waals surface area contributed by atoms with Gasteiger partial charge in [-0.15, -0.1) is 0 Å². The number of aromatic amines is 2. The molecule has 9 aromatic carbocycles. The van der Waals surface area contributed by atoms with Gasteiger partial charge in [-0.1, -0.05) is 175 Å². The molecule has 0 amide bonds. The maximum absolute atomic E-state index is 7.29. The number of rotatable bonds is 4. The van der Waals surface area contributed by atoms with Gasteiger partial charge in [-0.2, -0.15) is 0 Å². The minimum Gasteiger partial charge on any atom is -0.354 e. The van der Waals surface area contributed by atoms with Gasteiger partial charge in [0.25, 0.3) is 0 Å². The van der Waals surface area contributed by atoms with Gasteiger partial charge in [0.15, 0.2) is 0 Å². The van der Waals surface area contributed by atoms with Gasteiger partial charge in [-0.3, -0.25) is 0 Å². The van der Waals surface area contributed by atoms with Crippen molar-refractivity contribution in [3.63, 3.8) is 0 Å². The van der Waals surface area contributed by atoms with Crippen LogP contribution in [0.1, 0.15) is 22.3 Å². The second kappa shape index (κ2) is 12.8. The highest BCUT2D eigenvalue weighted by Gasteiger charge is 2.33. The van der Waals surface area contributed by atoms with Gasteiger partial charge >= 0.3 is 0 Å². The summed E-state index contributed by atoms with van der Waals surface area (Å²) in [5.41, 5.74) is 24.0. The molecule has 2 heterocycles. The van der Waals surface area contributed by atoms with Gasteiger partial charge < -0.3 is 9.97 Å². The fourth-order valence-corrected chi connectivity index (χ4v) is 11.3. The largest absolute Gasteiger partial charge is 0.354 e. The van der Waals surface area contributed by atoms with Crippen molar-refractivity contribution in [2.24, 2.45) is 0 Å². The fourth-order valence-electron chi connectivity index (χ4n) is 10.8. The van der Waals surface area contributed by atoms with Crippen LogP contribution in [-0.2, 0) is 12.8 Å². The maximum atomic E-state index is 7.29. The highest BCUT2D eigenvalue weighted by atomic mass is 35.5. The number of H-pyrrole nitrogens is 2. The first-order valence-electron chi connectivity index (χ1n) is 20.6. The SMILES string of the molecule is Clc1ccc2c(c1-c1cccc3c1[nH]c1c(-c4ccccc4)c4c(c(-c5ccccc5)c13)Cc1c-4cccc1-c1c(Cl)ccc3c1[nH]c1ccccc13)Cc1ccccc1-2. The molecule has 0 saturated carbocycles. The average Bonchev–Trinajstić information content (AvgIpc) is 4.07. The molecule has 4 heteroatoms. The molecule has 282 valence electrons. The number of nitrogens with one attached hydrogen (secondary N) is 2. The zero-order chi connectivity index (χ0) is 39.6. The first-order valence-corrected chi connectivity index (χ1v) is 21.3. The van der Waals surface area contributed by atoms with Crippen molar-refractivity contribution in [2.45, 2.75) is 12.8 Å². The Hall–Kier alpha value is -6.84. The van der Waals surface area contributed by atoms with Crippen molar-refractivity contribution in [1.82, 2.24) is 9.97 Å². The number of para-hydroxylation sites is 2. The Kier molecular flexibility index (Phi) is 7.28. The third kappa shape index (κ3) is 4.72. The number of aromatic nitrogens is 2. The summed E-state index contributed by atoms with van der Waals surface area (Å²) < 4.78 is 0. The molecule has 2 nitrogen and oxygen atoms in total. The molecular formula is C56H34Cl2N2. The molecule has 2 aromatic heterocycles. The number of hydrogen-bond donors (Lipinski definition) is 2. The lowest BCUT2D eigenvalue weighted by Gasteiger charge is -2.18. The lowest BCUT2D eigenvalue weighted by molar-refractivity contribution is 1.26. The van der Waals surface area contributed by atoms with Crippen molar-refractivity contribution in [2.75, 3.05) is 0 Å². The molecule has 2 aliphatic carbocycles. The maximum Gasteiger partial charge on any atom is 0.0559 e. The number of halogens is 2. The summed E-state index contributed by atoms with van der Waals surface area (Å²) in [6.45, 7) is 0. The number of benzene rings is 9. The summed E-state index contributed by atoms with van der Waals surface area (Å²) in [5.74, 6) is 0. The van der Waals surface area contributed by atoms with Crippen LogP contribution in [0.5, 0.6) is 0 Å². The predicted molar refractivity (Wildman–Crippen MR) is 253 cm³/mol. The number of fused-ring (bicyclic) bond motifs is 12. The Labute approximate surface area is 356 Å². The Morgan fingerprint density at radius 1 is 0.333 bits per heavy atom. The molecule has 11 aromatic rings. The predicted octanol–water partition coefficient (Wildman–Crippen LogP) is 16.1. The van der Waals surface area contributed by atoms with E-state index < -0.39 is 0 Å². The van der Waals surface area contributed by atoms with E-state index in [2.05, 4.69) is 180 Å². The molecule has 13 rings (SSSR count). The van der Waals surface area contributed by atoms with Crippen molar-refractivity contribution in [1.29, 1.82) is 0 Å². The van der Waals surface area contributed by atoms with Crippen molar-refractivity contribution in [3.8, 4) is 66.8 Å². The van der Waals surface area contributed by atoms with Crippen LogP contribution >= 0.6 is 23.2 Å². The minimum absolute atomic E-state index is 0.741. The van der Waals surface area contributed by atoms with Crippen LogP contribution in [0.2, 0.25) is 10.0 Å². The zero-order valence-electron chi connectivity index (χ0n) is 32.3. The molecule has 2 N–H and O–H groups in total. The fraction of sp³-hybridized carbons (Fsp3) is 0.0357. The second-order valence-electron chi connectivity index (χ2n) is 16.2. The lowest BCUT2D eigenvalue weighted by atomic mass is 9.85. The third-order valence-corrected chi connectivity index (χ3v) is 13.8. The Balaban J connectivity index is 1.14. The monoisotopic (exact) mass is 804 g/mol. The van der Waals surface area contributed by atoms with Crippen LogP contribution in [0.25, 0.3) is 110 Å². The van der Waals surface area contributed by atoms with E-state index in [4.69, 9.17) is 23.2 Å². The van der Waals surface area contributed by atoms with Gasteiger partial charge in [0.1, 0.15) is 0 Å². The molecule has 0 unspecified atom stereocenters. The van der Waals surface area contributed by atoms with Crippen LogP contribution in [0.15, 0.2) is 170 Å². The Morgan fingerprint density at radius 3 is 1.80 bits per heavy atom. The second-order valence-corrected chi connectivity index (χ2v) is 17.1. The number of hydrogen-bond acceptors (Lipinski definition) is 0. The first kappa shape index (κ1) is 34.1. The summed E-state index contributed by atoms with van der Waals surface area (Å²) in [7, 11) is 0. The smallest absolute Gasteiger partial charge is 0.0559 e. The van der Waals surface area contributed by atoms with Crippen LogP contribution in [0.4, 0.5) is 0 Å². The third-order valence-electron chi connectivity index (χ3n) is 13.2. The van der Waals surface area contributed by atoms with Crippen molar-refractivity contribution in [3.05, 3.63) is 202 Å². The lowest BCUT2D eigenvalue weighted by Crippen LogP contribution is -1.94. The molecule has 0 saturated heterocycles. The van der Waals surface area contributed by atoms with Crippen LogP contribution in [-0.4, -0.2) is 9.97 Å². The van der Waals surface area contributed by atoms with E-state index >= 15 is 0 Å². The summed E-state index contributed by atoms with van der Waals surface area (Å²) >= 11 is 14.6. The van der Waals surface area contributed by atoms with E-state index in [0.717, 1.165) is 67.2 Å². The highest BCUT2D eigenvalue weighted by molar-refractivity contribution is 6.36. The zero-order valence-corrected chi connectivity index (χ0v) is 33.8. The summed E-state index contributed by atoms with van der Waals surface area (Å²) in [6, 6.07) is 61.2. The van der Waals surface area contributed by atoms with Gasteiger partial charge in [0, 0.05) is 54.3 Å². The van der Waals surface area contributed by atoms with E-state index in [1.165, 1.54) is 88.3 Å². The van der Waals surface area contributed by atoms with Gasteiger partial charge in [-0.05, 0) is 97.8 Å². The highest BCUT2D eigenvalue weighted by Crippen LogP contribution is 2.56. The Bertz CT molecular complexity index is 3610. The normalized spacial score (nSPS) is 12.7. The standard InChI is InChI=1S/C56H34Cl2N2/c57-45-27-25-35-34-18-8-7-17-33(34)29-43(35)50(45)40-22-12-23-41-53-48(31-13-3-1-4-14-31)44-30-42-37(51(44)49(56(53)60-54(40)41)32-15-5-2-6-16-32)20-11-21-38(42)52-46(58)28-26-39-36-19-9-10-24-47(36)59-55(39)52/h1-28,59-60H,29-30H2. The van der Waals surface area contributed by atoms with E-state index in [9.17, 15) is 0 Å². The minimum atomic E-state index is 0.741. The molecule has 0 bridgehead atoms. The molecule has 2 aliphatic rings. The van der Waals surface area contributed by atoms with Gasteiger partial charge in [-0.25, -0.2) is 0 Å². The molecule has 0 fully saturated rings. The van der Waals surface area contributed by atoms with Crippen molar-refractivity contribution < 1.29 is 0 Å². The van der Waals surface area contributed by atoms with E-state index in [-0.39, 0.29) is 0 Å². The van der Waals surface area contributed by atoms with Gasteiger partial charge in [0.2, 0.25) is 0 Å². The molecular weight excluding hydrogens is 772 g/mol. The van der Waals surface area contributed by atoms with E-state index in [1.807, 2.05) is 0 Å². The molecule has 0 spiro atoms. The van der Waals surface area contributed by atoms with E-state index in [1.54, 1.807) is 0 Å². The summed E-state index contributed by atoms with van der Waals surface area (Å²) in [6.07, 6.45) is 1.61. The summed E-state index contributed by atoms with van der Waals surface area (Å²) in [5, 5.41) is 6.31. The molecule has 0 aliphatic heterocycles. The van der Waals surface area contributed by atoms with Crippen LogP contribution in [0.3, 0.4) is 0 Å². The molecule has 0 radical (unpaired) electrons. The Morgan fingerprint density at radius 2 is 0.967 bits per heavy atom. The summed E-state index contributed by atoms with van der Waals surface area (Å²) in [4.78, 5) is 7.89. The quantitative estimate of drug-likeness (QED) is 0.178. The molecule has 60 heavy (non-hydrogen) atoms. The van der Waals surface area contributed by atoms with Crippen LogP contribution < -0.4 is 0 Å². The first-order chi connectivity index (χ1) is 29.6. The molecule has 0 atom stereocenters. The van der Waals surface area contributed by atoms with Crippen molar-refractivity contribution >= 4 is 66.8 Å². The van der Waals surface area contributed by atoms with E-state index in [0.29, 0.717) is 0 Å². The average molecular weight is 806 g/mol.